The maximum atomic E-state index is 11.0. The van der Waals surface area contributed by atoms with Crippen LogP contribution in [0.1, 0.15) is 60.1 Å². The van der Waals surface area contributed by atoms with Gasteiger partial charge in [-0.1, -0.05) is 67.9 Å². The Labute approximate surface area is 291 Å². The molecule has 1 aliphatic rings. The van der Waals surface area contributed by atoms with Crippen LogP contribution in [0.25, 0.3) is 33.5 Å². The summed E-state index contributed by atoms with van der Waals surface area (Å²) >= 11 is 0. The van der Waals surface area contributed by atoms with Gasteiger partial charge in [0, 0.05) is 23.0 Å². The maximum Gasteiger partial charge on any atom is 0.142 e. The average Bonchev–Trinajstić information content (AvgIpc) is 3.08. The van der Waals surface area contributed by atoms with Crippen LogP contribution >= 0.6 is 0 Å². The third-order valence-corrected chi connectivity index (χ3v) is 9.64. The summed E-state index contributed by atoms with van der Waals surface area (Å²) in [6.45, 7) is 11.0. The van der Waals surface area contributed by atoms with Crippen LogP contribution in [0.3, 0.4) is 0 Å². The van der Waals surface area contributed by atoms with Crippen LogP contribution in [-0.4, -0.2) is 15.1 Å². The van der Waals surface area contributed by atoms with E-state index in [0.29, 0.717) is 5.92 Å². The Morgan fingerprint density at radius 3 is 2.18 bits per heavy atom. The number of aromatic nitrogens is 2. The second-order valence-electron chi connectivity index (χ2n) is 14.1. The minimum atomic E-state index is 0.268. The largest absolute Gasteiger partial charge is 0.507 e. The van der Waals surface area contributed by atoms with Crippen molar-refractivity contribution in [3.05, 3.63) is 143 Å². The summed E-state index contributed by atoms with van der Waals surface area (Å²) in [7, 11) is 0. The number of hydrogen-bond donors (Lipinski definition) is 1. The smallest absolute Gasteiger partial charge is 0.142 e. The van der Waals surface area contributed by atoms with E-state index in [2.05, 4.69) is 118 Å². The Hall–Kier alpha value is -5.22. The SMILES string of the molecule is Cc1cc(C)c(-c2cc(-c3cc4c(c(N(c5ccccc5)c5cc(CC(C)C)ccn5)n3)CCCC4)cc(-c3ccccc3O)c2)c(C)c1. The average molecular weight is 644 g/mol. The lowest BCUT2D eigenvalue weighted by atomic mass is 9.88. The molecule has 0 spiro atoms. The first-order valence-electron chi connectivity index (χ1n) is 17.6. The molecule has 0 fully saturated rings. The Morgan fingerprint density at radius 1 is 0.735 bits per heavy atom. The van der Waals surface area contributed by atoms with Gasteiger partial charge in [0.05, 0.1) is 5.69 Å². The summed E-state index contributed by atoms with van der Waals surface area (Å²) in [5.41, 5.74) is 14.8. The Bertz CT molecular complexity index is 2110. The highest BCUT2D eigenvalue weighted by Gasteiger charge is 2.25. The third kappa shape index (κ3) is 6.73. The molecule has 0 saturated heterocycles. The maximum absolute atomic E-state index is 11.0. The molecule has 4 heteroatoms. The van der Waals surface area contributed by atoms with E-state index in [0.717, 1.165) is 77.4 Å². The predicted molar refractivity (Wildman–Crippen MR) is 204 cm³/mol. The minimum absolute atomic E-state index is 0.268. The summed E-state index contributed by atoms with van der Waals surface area (Å²) in [4.78, 5) is 12.8. The number of nitrogens with zero attached hydrogens (tertiary/aromatic N) is 3. The fourth-order valence-corrected chi connectivity index (χ4v) is 7.60. The van der Waals surface area contributed by atoms with E-state index in [4.69, 9.17) is 9.97 Å². The number of fused-ring (bicyclic) bond motifs is 1. The zero-order valence-corrected chi connectivity index (χ0v) is 29.3. The second kappa shape index (κ2) is 13.7. The van der Waals surface area contributed by atoms with E-state index in [1.54, 1.807) is 6.07 Å². The number of para-hydroxylation sites is 2. The van der Waals surface area contributed by atoms with Crippen LogP contribution in [0.2, 0.25) is 0 Å². The molecule has 49 heavy (non-hydrogen) atoms. The van der Waals surface area contributed by atoms with E-state index < -0.39 is 0 Å². The molecular formula is C45H45N3O. The lowest BCUT2D eigenvalue weighted by Crippen LogP contribution is -2.18. The van der Waals surface area contributed by atoms with Gasteiger partial charge in [-0.15, -0.1) is 0 Å². The third-order valence-electron chi connectivity index (χ3n) is 9.64. The van der Waals surface area contributed by atoms with Crippen molar-refractivity contribution in [3.8, 4) is 39.3 Å². The number of hydrogen-bond acceptors (Lipinski definition) is 4. The number of phenolic OH excluding ortho intramolecular Hbond substituents is 1. The molecule has 4 nitrogen and oxygen atoms in total. The Balaban J connectivity index is 1.48. The molecule has 0 radical (unpaired) electrons. The van der Waals surface area contributed by atoms with Crippen LogP contribution in [0.15, 0.2) is 109 Å². The second-order valence-corrected chi connectivity index (χ2v) is 14.1. The van der Waals surface area contributed by atoms with Gasteiger partial charge in [0.25, 0.3) is 0 Å². The number of aromatic hydroxyl groups is 1. The van der Waals surface area contributed by atoms with Crippen LogP contribution in [-0.2, 0) is 19.3 Å². The molecule has 1 N–H and O–H groups in total. The van der Waals surface area contributed by atoms with Gasteiger partial charge in [-0.05, 0) is 158 Å². The molecule has 246 valence electrons. The monoisotopic (exact) mass is 643 g/mol. The van der Waals surface area contributed by atoms with Crippen molar-refractivity contribution < 1.29 is 5.11 Å². The fourth-order valence-electron chi connectivity index (χ4n) is 7.60. The first-order chi connectivity index (χ1) is 23.7. The van der Waals surface area contributed by atoms with Gasteiger partial charge in [-0.3, -0.25) is 4.90 Å². The first kappa shape index (κ1) is 32.3. The number of phenols is 1. The van der Waals surface area contributed by atoms with Crippen molar-refractivity contribution in [1.29, 1.82) is 0 Å². The molecular weight excluding hydrogens is 599 g/mol. The Morgan fingerprint density at radius 2 is 1.43 bits per heavy atom. The number of benzene rings is 4. The molecule has 4 aromatic carbocycles. The van der Waals surface area contributed by atoms with Crippen molar-refractivity contribution >= 4 is 17.3 Å². The van der Waals surface area contributed by atoms with Gasteiger partial charge < -0.3 is 5.11 Å². The quantitative estimate of drug-likeness (QED) is 0.179. The molecule has 1 aliphatic carbocycles. The van der Waals surface area contributed by atoms with Gasteiger partial charge in [0.1, 0.15) is 17.4 Å². The van der Waals surface area contributed by atoms with Crippen molar-refractivity contribution in [1.82, 2.24) is 9.97 Å². The zero-order chi connectivity index (χ0) is 34.1. The molecule has 0 unspecified atom stereocenters. The van der Waals surface area contributed by atoms with E-state index in [1.165, 1.54) is 38.9 Å². The van der Waals surface area contributed by atoms with Crippen molar-refractivity contribution in [2.75, 3.05) is 4.90 Å². The number of rotatable bonds is 8. The number of pyridine rings is 2. The van der Waals surface area contributed by atoms with Crippen LogP contribution in [0, 0.1) is 26.7 Å². The van der Waals surface area contributed by atoms with Crippen LogP contribution in [0.4, 0.5) is 17.3 Å². The highest BCUT2D eigenvalue weighted by atomic mass is 16.3. The summed E-state index contributed by atoms with van der Waals surface area (Å²) in [6, 6.07) is 36.0. The van der Waals surface area contributed by atoms with E-state index >= 15 is 0 Å². The van der Waals surface area contributed by atoms with Gasteiger partial charge in [0.2, 0.25) is 0 Å². The molecule has 0 aliphatic heterocycles. The summed E-state index contributed by atoms with van der Waals surface area (Å²) in [5, 5.41) is 11.0. The van der Waals surface area contributed by atoms with Gasteiger partial charge in [0.15, 0.2) is 0 Å². The van der Waals surface area contributed by atoms with E-state index in [1.807, 2.05) is 24.4 Å². The summed E-state index contributed by atoms with van der Waals surface area (Å²) < 4.78 is 0. The molecule has 6 aromatic rings. The minimum Gasteiger partial charge on any atom is -0.507 e. The van der Waals surface area contributed by atoms with Gasteiger partial charge >= 0.3 is 0 Å². The predicted octanol–water partition coefficient (Wildman–Crippen LogP) is 11.7. The van der Waals surface area contributed by atoms with Crippen molar-refractivity contribution in [2.24, 2.45) is 5.92 Å². The molecule has 2 heterocycles. The Kier molecular flexibility index (Phi) is 9.05. The van der Waals surface area contributed by atoms with Crippen LogP contribution in [0.5, 0.6) is 5.75 Å². The van der Waals surface area contributed by atoms with E-state index in [9.17, 15) is 5.11 Å². The fraction of sp³-hybridized carbons (Fsp3) is 0.244. The van der Waals surface area contributed by atoms with Crippen LogP contribution < -0.4 is 4.90 Å². The zero-order valence-electron chi connectivity index (χ0n) is 29.3. The molecule has 0 saturated carbocycles. The lowest BCUT2D eigenvalue weighted by molar-refractivity contribution is 0.477. The highest BCUT2D eigenvalue weighted by molar-refractivity contribution is 5.85. The lowest BCUT2D eigenvalue weighted by Gasteiger charge is -2.29. The number of aryl methyl sites for hydroxylation is 4. The standard InChI is InChI=1S/C45H45N3O/c1-29(2)21-33-19-20-46-43(24-33)48(38-14-7-6-8-15-38)45-40-17-10-9-13-34(40)28-41(47-45)36-25-35(39-16-11-12-18-42(39)49)26-37(27-36)44-31(4)22-30(3)23-32(44)5/h6-8,11-12,14-16,18-20,22-29,49H,9-10,13,17,21H2,1-5H3. The molecule has 2 aromatic heterocycles. The van der Waals surface area contributed by atoms with Gasteiger partial charge in [-0.2, -0.15) is 0 Å². The van der Waals surface area contributed by atoms with Gasteiger partial charge in [-0.25, -0.2) is 9.97 Å². The molecule has 0 atom stereocenters. The van der Waals surface area contributed by atoms with Crippen molar-refractivity contribution in [2.45, 2.75) is 66.7 Å². The summed E-state index contributed by atoms with van der Waals surface area (Å²) in [5.74, 6) is 2.65. The topological polar surface area (TPSA) is 49.2 Å². The first-order valence-corrected chi connectivity index (χ1v) is 17.6. The normalized spacial score (nSPS) is 12.6. The molecule has 7 rings (SSSR count). The number of anilines is 3. The van der Waals surface area contributed by atoms with E-state index in [-0.39, 0.29) is 5.75 Å². The summed E-state index contributed by atoms with van der Waals surface area (Å²) in [6.07, 6.45) is 7.23. The molecule has 0 amide bonds. The molecule has 0 bridgehead atoms. The van der Waals surface area contributed by atoms with Crippen molar-refractivity contribution in [3.63, 3.8) is 0 Å². The highest BCUT2D eigenvalue weighted by Crippen LogP contribution is 2.42.